The summed E-state index contributed by atoms with van der Waals surface area (Å²) in [4.78, 5) is 0. The summed E-state index contributed by atoms with van der Waals surface area (Å²) in [6.45, 7) is 10.4. The van der Waals surface area contributed by atoms with E-state index < -0.39 is 11.6 Å². The first-order chi connectivity index (χ1) is 8.91. The molecule has 3 heteroatoms. The highest BCUT2D eigenvalue weighted by atomic mass is 19.2. The minimum absolute atomic E-state index is 0.315. The van der Waals surface area contributed by atoms with Gasteiger partial charge in [-0.2, -0.15) is 0 Å². The van der Waals surface area contributed by atoms with E-state index in [1.807, 2.05) is 0 Å². The Morgan fingerprint density at radius 2 is 1.74 bits per heavy atom. The molecular weight excluding hydrogens is 244 g/mol. The molecule has 1 aromatic carbocycles. The maximum Gasteiger partial charge on any atom is 0.162 e. The molecule has 1 aromatic rings. The minimum atomic E-state index is -0.754. The third-order valence-electron chi connectivity index (χ3n) is 3.42. The highest BCUT2D eigenvalue weighted by molar-refractivity contribution is 5.19. The minimum Gasteiger partial charge on any atom is -0.316 e. The van der Waals surface area contributed by atoms with Crippen LogP contribution in [0.2, 0.25) is 0 Å². The molecule has 0 aliphatic carbocycles. The molecule has 0 bridgehead atoms. The van der Waals surface area contributed by atoms with Crippen LogP contribution >= 0.6 is 0 Å². The molecule has 108 valence electrons. The van der Waals surface area contributed by atoms with Crippen LogP contribution in [0.1, 0.15) is 33.3 Å². The zero-order chi connectivity index (χ0) is 14.4. The zero-order valence-electron chi connectivity index (χ0n) is 12.3. The van der Waals surface area contributed by atoms with E-state index in [-0.39, 0.29) is 0 Å². The van der Waals surface area contributed by atoms with Gasteiger partial charge in [-0.05, 0) is 48.9 Å². The third kappa shape index (κ3) is 5.27. The second kappa shape index (κ2) is 7.59. The van der Waals surface area contributed by atoms with Crippen LogP contribution in [0.3, 0.4) is 0 Å². The second-order valence-corrected chi connectivity index (χ2v) is 5.97. The van der Waals surface area contributed by atoms with Crippen molar-refractivity contribution in [2.45, 2.75) is 34.1 Å². The van der Waals surface area contributed by atoms with Crippen LogP contribution in [0.25, 0.3) is 0 Å². The quantitative estimate of drug-likeness (QED) is 0.788. The van der Waals surface area contributed by atoms with Gasteiger partial charge in [0.2, 0.25) is 0 Å². The molecular formula is C16H25F2N. The highest BCUT2D eigenvalue weighted by Gasteiger charge is 2.17. The van der Waals surface area contributed by atoms with Gasteiger partial charge in [-0.15, -0.1) is 0 Å². The predicted molar refractivity (Wildman–Crippen MR) is 76.1 cm³/mol. The standard InChI is InChI=1S/C16H25F2N/c1-11(2)9-19-10-14(12(3)4)8-13-6-5-7-15(17)16(13)18/h5-7,11-12,14,19H,8-10H2,1-4H3. The smallest absolute Gasteiger partial charge is 0.162 e. The van der Waals surface area contributed by atoms with Gasteiger partial charge in [-0.25, -0.2) is 8.78 Å². The Morgan fingerprint density at radius 1 is 1.05 bits per heavy atom. The summed E-state index contributed by atoms with van der Waals surface area (Å²) >= 11 is 0. The molecule has 0 aliphatic rings. The fourth-order valence-corrected chi connectivity index (χ4v) is 2.09. The highest BCUT2D eigenvalue weighted by Crippen LogP contribution is 2.20. The van der Waals surface area contributed by atoms with Crippen molar-refractivity contribution in [2.75, 3.05) is 13.1 Å². The molecule has 0 amide bonds. The summed E-state index contributed by atoms with van der Waals surface area (Å²) in [7, 11) is 0. The first-order valence-corrected chi connectivity index (χ1v) is 7.05. The topological polar surface area (TPSA) is 12.0 Å². The fourth-order valence-electron chi connectivity index (χ4n) is 2.09. The second-order valence-electron chi connectivity index (χ2n) is 5.97. The van der Waals surface area contributed by atoms with Gasteiger partial charge in [0.05, 0.1) is 0 Å². The normalized spacial score (nSPS) is 13.3. The summed E-state index contributed by atoms with van der Waals surface area (Å²) in [5.74, 6) is -0.108. The van der Waals surface area contributed by atoms with E-state index >= 15 is 0 Å². The molecule has 0 spiro atoms. The van der Waals surface area contributed by atoms with Gasteiger partial charge in [0, 0.05) is 0 Å². The Morgan fingerprint density at radius 3 is 2.32 bits per heavy atom. The van der Waals surface area contributed by atoms with Gasteiger partial charge in [0.15, 0.2) is 11.6 Å². The molecule has 0 saturated heterocycles. The maximum absolute atomic E-state index is 13.7. The van der Waals surface area contributed by atoms with Crippen molar-refractivity contribution in [1.29, 1.82) is 0 Å². The molecule has 0 saturated carbocycles. The maximum atomic E-state index is 13.7. The average Bonchev–Trinajstić information content (AvgIpc) is 2.32. The van der Waals surface area contributed by atoms with E-state index in [1.54, 1.807) is 12.1 Å². The van der Waals surface area contributed by atoms with E-state index in [4.69, 9.17) is 0 Å². The summed E-state index contributed by atoms with van der Waals surface area (Å²) in [6.07, 6.45) is 0.576. The van der Waals surface area contributed by atoms with Crippen LogP contribution in [0, 0.1) is 29.4 Å². The van der Waals surface area contributed by atoms with Crippen LogP contribution in [-0.2, 0) is 6.42 Å². The van der Waals surface area contributed by atoms with Crippen molar-refractivity contribution < 1.29 is 8.78 Å². The molecule has 0 radical (unpaired) electrons. The van der Waals surface area contributed by atoms with Crippen molar-refractivity contribution in [3.05, 3.63) is 35.4 Å². The van der Waals surface area contributed by atoms with Gasteiger partial charge in [0.1, 0.15) is 0 Å². The van der Waals surface area contributed by atoms with E-state index in [9.17, 15) is 8.78 Å². The van der Waals surface area contributed by atoms with E-state index in [2.05, 4.69) is 33.0 Å². The van der Waals surface area contributed by atoms with E-state index in [1.165, 1.54) is 6.07 Å². The number of halogens is 2. The number of nitrogens with one attached hydrogen (secondary N) is 1. The van der Waals surface area contributed by atoms with Gasteiger partial charge >= 0.3 is 0 Å². The molecule has 19 heavy (non-hydrogen) atoms. The first-order valence-electron chi connectivity index (χ1n) is 7.05. The lowest BCUT2D eigenvalue weighted by molar-refractivity contribution is 0.347. The summed E-state index contributed by atoms with van der Waals surface area (Å²) in [5, 5.41) is 3.40. The average molecular weight is 269 g/mol. The number of hydrogen-bond acceptors (Lipinski definition) is 1. The number of benzene rings is 1. The van der Waals surface area contributed by atoms with Crippen LogP contribution in [0.15, 0.2) is 18.2 Å². The summed E-state index contributed by atoms with van der Waals surface area (Å²) in [6, 6.07) is 4.42. The molecule has 0 aliphatic heterocycles. The Balaban J connectivity index is 2.65. The fraction of sp³-hybridized carbons (Fsp3) is 0.625. The molecule has 1 nitrogen and oxygen atoms in total. The lowest BCUT2D eigenvalue weighted by Gasteiger charge is -2.22. The predicted octanol–water partition coefficient (Wildman–Crippen LogP) is 4.03. The largest absolute Gasteiger partial charge is 0.316 e. The lowest BCUT2D eigenvalue weighted by atomic mass is 9.89. The molecule has 1 rings (SSSR count). The zero-order valence-corrected chi connectivity index (χ0v) is 12.3. The van der Waals surface area contributed by atoms with Gasteiger partial charge in [-0.1, -0.05) is 39.8 Å². The lowest BCUT2D eigenvalue weighted by Crippen LogP contribution is -2.30. The Hall–Kier alpha value is -0.960. The monoisotopic (exact) mass is 269 g/mol. The molecule has 0 heterocycles. The van der Waals surface area contributed by atoms with E-state index in [0.717, 1.165) is 13.1 Å². The molecule has 1 atom stereocenters. The van der Waals surface area contributed by atoms with Gasteiger partial charge < -0.3 is 5.32 Å². The summed E-state index contributed by atoms with van der Waals surface area (Å²) < 4.78 is 26.9. The van der Waals surface area contributed by atoms with E-state index in [0.29, 0.717) is 29.7 Å². The van der Waals surface area contributed by atoms with Crippen LogP contribution in [0.4, 0.5) is 8.78 Å². The van der Waals surface area contributed by atoms with Crippen molar-refractivity contribution in [2.24, 2.45) is 17.8 Å². The Kier molecular flexibility index (Phi) is 6.43. The van der Waals surface area contributed by atoms with Crippen molar-refractivity contribution in [3.8, 4) is 0 Å². The number of rotatable bonds is 7. The van der Waals surface area contributed by atoms with Gasteiger partial charge in [0.25, 0.3) is 0 Å². The molecule has 0 fully saturated rings. The number of hydrogen-bond donors (Lipinski definition) is 1. The van der Waals surface area contributed by atoms with Crippen LogP contribution in [0.5, 0.6) is 0 Å². The van der Waals surface area contributed by atoms with Gasteiger partial charge in [-0.3, -0.25) is 0 Å². The molecule has 1 unspecified atom stereocenters. The first kappa shape index (κ1) is 16.1. The third-order valence-corrected chi connectivity index (χ3v) is 3.42. The van der Waals surface area contributed by atoms with Crippen molar-refractivity contribution >= 4 is 0 Å². The van der Waals surface area contributed by atoms with Crippen molar-refractivity contribution in [1.82, 2.24) is 5.32 Å². The van der Waals surface area contributed by atoms with Crippen LogP contribution < -0.4 is 5.32 Å². The van der Waals surface area contributed by atoms with Crippen LogP contribution in [-0.4, -0.2) is 13.1 Å². The Bertz CT molecular complexity index is 388. The molecule has 1 N–H and O–H groups in total. The van der Waals surface area contributed by atoms with Crippen molar-refractivity contribution in [3.63, 3.8) is 0 Å². The summed E-state index contributed by atoms with van der Waals surface area (Å²) in [5.41, 5.74) is 0.477. The Labute approximate surface area is 115 Å². The molecule has 0 aromatic heterocycles. The SMILES string of the molecule is CC(C)CNCC(Cc1cccc(F)c1F)C(C)C.